The number of hydrogen-bond acceptors (Lipinski definition) is 5. The van der Waals surface area contributed by atoms with Crippen molar-refractivity contribution in [1.82, 2.24) is 0 Å². The van der Waals surface area contributed by atoms with Crippen molar-refractivity contribution in [2.75, 3.05) is 37.9 Å². The van der Waals surface area contributed by atoms with Gasteiger partial charge in [0.05, 0.1) is 18.0 Å². The Labute approximate surface area is 104 Å². The van der Waals surface area contributed by atoms with E-state index in [1.165, 1.54) is 0 Å². The summed E-state index contributed by atoms with van der Waals surface area (Å²) in [7, 11) is -2.96. The third-order valence-corrected chi connectivity index (χ3v) is 4.91. The molecule has 1 heterocycles. The highest BCUT2D eigenvalue weighted by Gasteiger charge is 2.32. The maximum absolute atomic E-state index is 11.5. The van der Waals surface area contributed by atoms with Gasteiger partial charge in [-0.3, -0.25) is 0 Å². The van der Waals surface area contributed by atoms with Gasteiger partial charge in [0.2, 0.25) is 0 Å². The second-order valence-corrected chi connectivity index (χ2v) is 6.80. The Bertz CT molecular complexity index is 309. The van der Waals surface area contributed by atoms with Gasteiger partial charge < -0.3 is 15.2 Å². The van der Waals surface area contributed by atoms with Crippen molar-refractivity contribution in [3.8, 4) is 0 Å². The molecule has 0 aliphatic carbocycles. The van der Waals surface area contributed by atoms with Gasteiger partial charge in [0.25, 0.3) is 0 Å². The molecule has 0 saturated carbocycles. The van der Waals surface area contributed by atoms with Crippen LogP contribution in [0.1, 0.15) is 26.2 Å². The van der Waals surface area contributed by atoms with Crippen molar-refractivity contribution in [1.29, 1.82) is 0 Å². The summed E-state index contributed by atoms with van der Waals surface area (Å²) in [6.45, 7) is 3.79. The molecule has 1 saturated heterocycles. The normalized spacial score (nSPS) is 20.4. The molecule has 1 aliphatic heterocycles. The minimum Gasteiger partial charge on any atom is -0.381 e. The maximum atomic E-state index is 11.5. The van der Waals surface area contributed by atoms with Crippen LogP contribution in [0.5, 0.6) is 0 Å². The first-order valence-electron chi connectivity index (χ1n) is 6.16. The van der Waals surface area contributed by atoms with Crippen molar-refractivity contribution in [3.63, 3.8) is 0 Å². The van der Waals surface area contributed by atoms with Crippen LogP contribution in [0.25, 0.3) is 0 Å². The Morgan fingerprint density at radius 2 is 1.94 bits per heavy atom. The van der Waals surface area contributed by atoms with Crippen molar-refractivity contribution >= 4 is 9.84 Å². The fourth-order valence-electron chi connectivity index (χ4n) is 1.95. The molecule has 0 bridgehead atoms. The lowest BCUT2D eigenvalue weighted by molar-refractivity contribution is -0.0999. The second-order valence-electron chi connectivity index (χ2n) is 4.50. The number of ether oxygens (including phenoxy) is 2. The van der Waals surface area contributed by atoms with Gasteiger partial charge >= 0.3 is 0 Å². The topological polar surface area (TPSA) is 78.6 Å². The van der Waals surface area contributed by atoms with E-state index in [-0.39, 0.29) is 23.7 Å². The van der Waals surface area contributed by atoms with E-state index in [0.717, 1.165) is 12.8 Å². The predicted molar refractivity (Wildman–Crippen MR) is 66.7 cm³/mol. The number of hydrogen-bond donors (Lipinski definition) is 1. The van der Waals surface area contributed by atoms with E-state index in [4.69, 9.17) is 15.2 Å². The molecule has 0 spiro atoms. The number of nitrogens with two attached hydrogens (primary N) is 1. The molecule has 0 unspecified atom stereocenters. The maximum Gasteiger partial charge on any atom is 0.152 e. The third kappa shape index (κ3) is 4.91. The van der Waals surface area contributed by atoms with E-state index in [1.54, 1.807) is 0 Å². The highest BCUT2D eigenvalue weighted by molar-refractivity contribution is 7.91. The first-order valence-corrected chi connectivity index (χ1v) is 7.98. The lowest BCUT2D eigenvalue weighted by Crippen LogP contribution is -2.46. The van der Waals surface area contributed by atoms with Crippen LogP contribution in [-0.4, -0.2) is 51.9 Å². The molecule has 17 heavy (non-hydrogen) atoms. The third-order valence-electron chi connectivity index (χ3n) is 3.09. The van der Waals surface area contributed by atoms with E-state index >= 15 is 0 Å². The van der Waals surface area contributed by atoms with Crippen molar-refractivity contribution < 1.29 is 17.9 Å². The molecule has 0 radical (unpaired) electrons. The molecule has 1 aliphatic rings. The van der Waals surface area contributed by atoms with Crippen LogP contribution in [0.4, 0.5) is 0 Å². The smallest absolute Gasteiger partial charge is 0.152 e. The van der Waals surface area contributed by atoms with E-state index in [0.29, 0.717) is 26.2 Å². The van der Waals surface area contributed by atoms with E-state index in [1.807, 2.05) is 6.92 Å². The summed E-state index contributed by atoms with van der Waals surface area (Å²) in [5, 5.41) is 0. The van der Waals surface area contributed by atoms with E-state index in [2.05, 4.69) is 0 Å². The summed E-state index contributed by atoms with van der Waals surface area (Å²) in [5.74, 6) is 0.318. The Morgan fingerprint density at radius 3 is 2.47 bits per heavy atom. The summed E-state index contributed by atoms with van der Waals surface area (Å²) in [4.78, 5) is 0. The number of sulfone groups is 1. The summed E-state index contributed by atoms with van der Waals surface area (Å²) >= 11 is 0. The summed E-state index contributed by atoms with van der Waals surface area (Å²) in [6, 6.07) is 0. The SMILES string of the molecule is CCCS(=O)(=O)CCOC1(CN)CCOCC1. The minimum absolute atomic E-state index is 0.0868. The van der Waals surface area contributed by atoms with Crippen LogP contribution in [0.15, 0.2) is 0 Å². The van der Waals surface area contributed by atoms with Gasteiger partial charge in [-0.25, -0.2) is 8.42 Å². The van der Waals surface area contributed by atoms with Gasteiger partial charge in [0.15, 0.2) is 9.84 Å². The van der Waals surface area contributed by atoms with Crippen LogP contribution in [0.2, 0.25) is 0 Å². The Morgan fingerprint density at radius 1 is 1.29 bits per heavy atom. The molecule has 1 rings (SSSR count). The lowest BCUT2D eigenvalue weighted by atomic mass is 9.94. The summed E-state index contributed by atoms with van der Waals surface area (Å²) in [6.07, 6.45) is 2.15. The Kier molecular flexibility index (Phi) is 5.85. The molecule has 2 N–H and O–H groups in total. The van der Waals surface area contributed by atoms with Crippen LogP contribution in [0, 0.1) is 0 Å². The lowest BCUT2D eigenvalue weighted by Gasteiger charge is -2.36. The molecule has 102 valence electrons. The highest BCUT2D eigenvalue weighted by atomic mass is 32.2. The van der Waals surface area contributed by atoms with Gasteiger partial charge in [-0.15, -0.1) is 0 Å². The molecule has 0 aromatic carbocycles. The fraction of sp³-hybridized carbons (Fsp3) is 1.00. The molecule has 0 aromatic heterocycles. The second kappa shape index (κ2) is 6.68. The zero-order valence-corrected chi connectivity index (χ0v) is 11.3. The first-order chi connectivity index (χ1) is 8.04. The first kappa shape index (κ1) is 14.9. The van der Waals surface area contributed by atoms with Crippen molar-refractivity contribution in [2.24, 2.45) is 5.73 Å². The van der Waals surface area contributed by atoms with Gasteiger partial charge in [0, 0.05) is 38.4 Å². The van der Waals surface area contributed by atoms with Crippen molar-refractivity contribution in [3.05, 3.63) is 0 Å². The van der Waals surface area contributed by atoms with E-state index in [9.17, 15) is 8.42 Å². The van der Waals surface area contributed by atoms with Crippen LogP contribution in [0.3, 0.4) is 0 Å². The number of rotatable bonds is 7. The quantitative estimate of drug-likeness (QED) is 0.718. The molecular weight excluding hydrogens is 242 g/mol. The Balaban J connectivity index is 2.38. The van der Waals surface area contributed by atoms with Crippen molar-refractivity contribution in [2.45, 2.75) is 31.8 Å². The van der Waals surface area contributed by atoms with Gasteiger partial charge in [0.1, 0.15) is 0 Å². The fourth-order valence-corrected chi connectivity index (χ4v) is 3.11. The zero-order chi connectivity index (χ0) is 12.8. The highest BCUT2D eigenvalue weighted by Crippen LogP contribution is 2.23. The van der Waals surface area contributed by atoms with Crippen LogP contribution >= 0.6 is 0 Å². The van der Waals surface area contributed by atoms with Gasteiger partial charge in [-0.1, -0.05) is 6.92 Å². The van der Waals surface area contributed by atoms with Crippen LogP contribution < -0.4 is 5.73 Å². The summed E-state index contributed by atoms with van der Waals surface area (Å²) < 4.78 is 34.0. The molecule has 0 amide bonds. The summed E-state index contributed by atoms with van der Waals surface area (Å²) in [5.41, 5.74) is 5.34. The van der Waals surface area contributed by atoms with Crippen LogP contribution in [-0.2, 0) is 19.3 Å². The largest absolute Gasteiger partial charge is 0.381 e. The molecule has 1 fully saturated rings. The minimum atomic E-state index is -2.96. The zero-order valence-electron chi connectivity index (χ0n) is 10.5. The van der Waals surface area contributed by atoms with Gasteiger partial charge in [-0.05, 0) is 6.42 Å². The van der Waals surface area contributed by atoms with Gasteiger partial charge in [-0.2, -0.15) is 0 Å². The van der Waals surface area contributed by atoms with E-state index < -0.39 is 9.84 Å². The molecule has 0 aromatic rings. The monoisotopic (exact) mass is 265 g/mol. The average molecular weight is 265 g/mol. The molecular formula is C11H23NO4S. The average Bonchev–Trinajstić information content (AvgIpc) is 2.30. The molecule has 6 heteroatoms. The standard InChI is InChI=1S/C11H23NO4S/c1-2-8-17(13,14)9-7-16-11(10-12)3-5-15-6-4-11/h2-10,12H2,1H3. The molecule has 5 nitrogen and oxygen atoms in total. The predicted octanol–water partition coefficient (Wildman–Crippen LogP) is 0.336. The Hall–Kier alpha value is -0.170. The molecule has 0 atom stereocenters.